The van der Waals surface area contributed by atoms with E-state index < -0.39 is 23.8 Å². The number of carbonyl (C=O) groups is 2. The number of hydrogen-bond donors (Lipinski definition) is 1. The number of benzene rings is 2. The zero-order valence-corrected chi connectivity index (χ0v) is 14.4. The number of fused-ring (bicyclic) bond motifs is 1. The number of rotatable bonds is 5. The second-order valence-corrected chi connectivity index (χ2v) is 5.82. The van der Waals surface area contributed by atoms with Gasteiger partial charge in [-0.15, -0.1) is 0 Å². The number of ether oxygens (including phenoxy) is 1. The lowest BCUT2D eigenvalue weighted by atomic mass is 10.2. The largest absolute Gasteiger partial charge is 0.451 e. The Morgan fingerprint density at radius 2 is 1.89 bits per heavy atom. The number of amides is 1. The zero-order chi connectivity index (χ0) is 19.4. The molecule has 0 saturated carbocycles. The molecule has 138 valence electrons. The molecule has 0 fully saturated rings. The molecule has 0 aliphatic heterocycles. The highest BCUT2D eigenvalue weighted by Crippen LogP contribution is 2.09. The molecule has 0 unspecified atom stereocenters. The number of carbonyl (C=O) groups excluding carboxylic acids is 2. The van der Waals surface area contributed by atoms with Crippen LogP contribution >= 0.6 is 0 Å². The van der Waals surface area contributed by atoms with Crippen molar-refractivity contribution in [3.63, 3.8) is 0 Å². The summed E-state index contributed by atoms with van der Waals surface area (Å²) >= 11 is 0. The van der Waals surface area contributed by atoms with Crippen LogP contribution in [-0.4, -0.2) is 27.5 Å². The summed E-state index contributed by atoms with van der Waals surface area (Å²) < 4.78 is 19.1. The van der Waals surface area contributed by atoms with Crippen LogP contribution in [0.15, 0.2) is 59.7 Å². The number of anilines is 1. The quantitative estimate of drug-likeness (QED) is 0.696. The summed E-state index contributed by atoms with van der Waals surface area (Å²) in [6.07, 6.45) is 0.168. The van der Waals surface area contributed by atoms with E-state index in [0.29, 0.717) is 16.6 Å². The number of aromatic nitrogens is 2. The topological polar surface area (TPSA) is 90.3 Å². The van der Waals surface area contributed by atoms with Gasteiger partial charge in [0.15, 0.2) is 6.10 Å². The van der Waals surface area contributed by atoms with Crippen LogP contribution in [0.5, 0.6) is 0 Å². The Morgan fingerprint density at radius 3 is 2.63 bits per heavy atom. The first-order valence-electron chi connectivity index (χ1n) is 8.14. The lowest BCUT2D eigenvalue weighted by Crippen LogP contribution is -2.33. The fourth-order valence-corrected chi connectivity index (χ4v) is 2.42. The summed E-state index contributed by atoms with van der Waals surface area (Å²) in [6, 6.07) is 12.0. The monoisotopic (exact) mass is 369 g/mol. The molecule has 7 nitrogen and oxygen atoms in total. The Kier molecular flexibility index (Phi) is 5.25. The van der Waals surface area contributed by atoms with Gasteiger partial charge in [0.05, 0.1) is 17.2 Å². The molecule has 3 aromatic rings. The Morgan fingerprint density at radius 1 is 1.19 bits per heavy atom. The molecule has 2 aromatic carbocycles. The van der Waals surface area contributed by atoms with Gasteiger partial charge in [-0.3, -0.25) is 19.0 Å². The van der Waals surface area contributed by atoms with Crippen molar-refractivity contribution in [1.82, 2.24) is 9.55 Å². The number of para-hydroxylation sites is 1. The third kappa shape index (κ3) is 4.35. The molecular formula is C19H16FN3O4. The van der Waals surface area contributed by atoms with Gasteiger partial charge in [-0.1, -0.05) is 12.1 Å². The van der Waals surface area contributed by atoms with Gasteiger partial charge in [0.2, 0.25) is 0 Å². The Labute approximate surface area is 153 Å². The van der Waals surface area contributed by atoms with E-state index in [1.807, 2.05) is 0 Å². The molecule has 1 atom stereocenters. The van der Waals surface area contributed by atoms with Gasteiger partial charge in [-0.05, 0) is 43.3 Å². The van der Waals surface area contributed by atoms with Crippen molar-refractivity contribution in [3.8, 4) is 0 Å². The standard InChI is InChI=1S/C19H16FN3O4/c1-12(18(25)22-14-8-6-13(20)7-9-14)27-17(24)10-23-11-21-16-5-3-2-4-15(16)19(23)26/h2-9,11-12H,10H2,1H3,(H,22,25)/t12-/m0/s1. The van der Waals surface area contributed by atoms with Crippen LogP contribution in [0.1, 0.15) is 6.92 Å². The van der Waals surface area contributed by atoms with Crippen LogP contribution in [0.4, 0.5) is 10.1 Å². The summed E-state index contributed by atoms with van der Waals surface area (Å²) in [7, 11) is 0. The van der Waals surface area contributed by atoms with E-state index in [2.05, 4.69) is 10.3 Å². The van der Waals surface area contributed by atoms with E-state index in [0.717, 1.165) is 4.57 Å². The molecule has 0 bridgehead atoms. The third-order valence-corrected chi connectivity index (χ3v) is 3.82. The lowest BCUT2D eigenvalue weighted by Gasteiger charge is -2.14. The number of halogens is 1. The normalized spacial score (nSPS) is 11.8. The minimum absolute atomic E-state index is 0.370. The predicted octanol–water partition coefficient (Wildman–Crippen LogP) is 2.11. The molecule has 27 heavy (non-hydrogen) atoms. The molecule has 0 saturated heterocycles. The van der Waals surface area contributed by atoms with Gasteiger partial charge in [-0.2, -0.15) is 0 Å². The van der Waals surface area contributed by atoms with Crippen LogP contribution in [0.3, 0.4) is 0 Å². The molecule has 3 rings (SSSR count). The summed E-state index contributed by atoms with van der Waals surface area (Å²) in [5, 5.41) is 2.89. The number of esters is 1. The van der Waals surface area contributed by atoms with Gasteiger partial charge in [0, 0.05) is 5.69 Å². The highest BCUT2D eigenvalue weighted by Gasteiger charge is 2.19. The molecule has 1 heterocycles. The van der Waals surface area contributed by atoms with Crippen LogP contribution in [0, 0.1) is 5.82 Å². The first-order chi connectivity index (χ1) is 12.9. The summed E-state index contributed by atoms with van der Waals surface area (Å²) in [5.41, 5.74) is 0.527. The minimum atomic E-state index is -1.09. The van der Waals surface area contributed by atoms with Crippen LogP contribution in [-0.2, 0) is 20.9 Å². The van der Waals surface area contributed by atoms with Gasteiger partial charge in [0.1, 0.15) is 12.4 Å². The third-order valence-electron chi connectivity index (χ3n) is 3.82. The average molecular weight is 369 g/mol. The van der Waals surface area contributed by atoms with E-state index >= 15 is 0 Å². The molecule has 1 amide bonds. The highest BCUT2D eigenvalue weighted by molar-refractivity contribution is 5.95. The van der Waals surface area contributed by atoms with Crippen molar-refractivity contribution in [3.05, 3.63) is 71.0 Å². The van der Waals surface area contributed by atoms with E-state index in [-0.39, 0.29) is 12.1 Å². The zero-order valence-electron chi connectivity index (χ0n) is 14.4. The maximum absolute atomic E-state index is 12.9. The summed E-state index contributed by atoms with van der Waals surface area (Å²) in [4.78, 5) is 40.6. The Hall–Kier alpha value is -3.55. The smallest absolute Gasteiger partial charge is 0.326 e. The lowest BCUT2D eigenvalue weighted by molar-refractivity contribution is -0.153. The number of nitrogens with zero attached hydrogens (tertiary/aromatic N) is 2. The molecule has 0 spiro atoms. The maximum Gasteiger partial charge on any atom is 0.326 e. The van der Waals surface area contributed by atoms with Crippen molar-refractivity contribution in [2.24, 2.45) is 0 Å². The first kappa shape index (κ1) is 18.2. The molecular weight excluding hydrogens is 353 g/mol. The second kappa shape index (κ2) is 7.77. The molecule has 1 N–H and O–H groups in total. The van der Waals surface area contributed by atoms with E-state index in [1.54, 1.807) is 24.3 Å². The maximum atomic E-state index is 12.9. The van der Waals surface area contributed by atoms with E-state index in [4.69, 9.17) is 4.74 Å². The first-order valence-corrected chi connectivity index (χ1v) is 8.14. The highest BCUT2D eigenvalue weighted by atomic mass is 19.1. The summed E-state index contributed by atoms with van der Waals surface area (Å²) in [5.74, 6) is -1.75. The van der Waals surface area contributed by atoms with Crippen LogP contribution in [0.2, 0.25) is 0 Å². The van der Waals surface area contributed by atoms with Crippen molar-refractivity contribution >= 4 is 28.5 Å². The van der Waals surface area contributed by atoms with Crippen molar-refractivity contribution in [2.75, 3.05) is 5.32 Å². The Bertz CT molecular complexity index is 1050. The average Bonchev–Trinajstić information content (AvgIpc) is 2.66. The van der Waals surface area contributed by atoms with Gasteiger partial charge < -0.3 is 10.1 Å². The fourth-order valence-electron chi connectivity index (χ4n) is 2.42. The van der Waals surface area contributed by atoms with Crippen molar-refractivity contribution < 1.29 is 18.7 Å². The molecule has 0 aliphatic carbocycles. The minimum Gasteiger partial charge on any atom is -0.451 e. The number of nitrogens with one attached hydrogen (secondary N) is 1. The van der Waals surface area contributed by atoms with Crippen molar-refractivity contribution in [1.29, 1.82) is 0 Å². The SMILES string of the molecule is C[C@H](OC(=O)Cn1cnc2ccccc2c1=O)C(=O)Nc1ccc(F)cc1. The van der Waals surface area contributed by atoms with E-state index in [1.165, 1.54) is 37.5 Å². The molecule has 8 heteroatoms. The fraction of sp³-hybridized carbons (Fsp3) is 0.158. The summed E-state index contributed by atoms with van der Waals surface area (Å²) in [6.45, 7) is 1.03. The number of hydrogen-bond acceptors (Lipinski definition) is 5. The second-order valence-electron chi connectivity index (χ2n) is 5.82. The van der Waals surface area contributed by atoms with Crippen LogP contribution < -0.4 is 10.9 Å². The Balaban J connectivity index is 1.63. The molecule has 0 aliphatic rings. The van der Waals surface area contributed by atoms with E-state index in [9.17, 15) is 18.8 Å². The predicted molar refractivity (Wildman–Crippen MR) is 96.6 cm³/mol. The van der Waals surface area contributed by atoms with Crippen molar-refractivity contribution in [2.45, 2.75) is 19.6 Å². The molecule has 1 aromatic heterocycles. The van der Waals surface area contributed by atoms with Gasteiger partial charge >= 0.3 is 5.97 Å². The van der Waals surface area contributed by atoms with Crippen LogP contribution in [0.25, 0.3) is 10.9 Å². The van der Waals surface area contributed by atoms with Gasteiger partial charge in [0.25, 0.3) is 11.5 Å². The van der Waals surface area contributed by atoms with Gasteiger partial charge in [-0.25, -0.2) is 9.37 Å². The molecule has 0 radical (unpaired) electrons.